The van der Waals surface area contributed by atoms with Crippen LogP contribution in [0, 0.1) is 3.57 Å². The standard InChI is InChI=1S/C11H15IN2O2S/c12-10-7-8(13)1-2-11(10)14-9-3-5-17(15,16)6-4-9/h1-2,7,9,14H,3-6,13H2. The summed E-state index contributed by atoms with van der Waals surface area (Å²) < 4.78 is 23.7. The molecular weight excluding hydrogens is 351 g/mol. The molecule has 1 aromatic carbocycles. The average Bonchev–Trinajstić information content (AvgIpc) is 2.25. The van der Waals surface area contributed by atoms with Crippen molar-refractivity contribution in [2.45, 2.75) is 18.9 Å². The van der Waals surface area contributed by atoms with Crippen molar-refractivity contribution in [2.24, 2.45) is 0 Å². The van der Waals surface area contributed by atoms with Crippen molar-refractivity contribution >= 4 is 43.8 Å². The summed E-state index contributed by atoms with van der Waals surface area (Å²) in [4.78, 5) is 0. The van der Waals surface area contributed by atoms with Gasteiger partial charge in [0.15, 0.2) is 0 Å². The molecule has 2 rings (SSSR count). The fraction of sp³-hybridized carbons (Fsp3) is 0.455. The normalized spacial score (nSPS) is 20.1. The zero-order valence-electron chi connectivity index (χ0n) is 9.32. The molecule has 0 aliphatic carbocycles. The van der Waals surface area contributed by atoms with Crippen LogP contribution in [-0.4, -0.2) is 26.0 Å². The molecule has 1 aliphatic rings. The predicted molar refractivity (Wildman–Crippen MR) is 78.9 cm³/mol. The number of rotatable bonds is 2. The maximum atomic E-state index is 11.3. The molecule has 1 saturated heterocycles. The number of halogens is 1. The fourth-order valence-corrected chi connectivity index (χ4v) is 4.09. The van der Waals surface area contributed by atoms with Gasteiger partial charge in [-0.05, 0) is 53.6 Å². The SMILES string of the molecule is Nc1ccc(NC2CCS(=O)(=O)CC2)c(I)c1. The van der Waals surface area contributed by atoms with Crippen LogP contribution >= 0.6 is 22.6 Å². The van der Waals surface area contributed by atoms with E-state index < -0.39 is 9.84 Å². The van der Waals surface area contributed by atoms with E-state index in [1.807, 2.05) is 18.2 Å². The Balaban J connectivity index is 2.02. The van der Waals surface area contributed by atoms with Gasteiger partial charge in [0.05, 0.1) is 11.5 Å². The molecule has 0 radical (unpaired) electrons. The van der Waals surface area contributed by atoms with Crippen molar-refractivity contribution in [3.8, 4) is 0 Å². The second-order valence-electron chi connectivity index (χ2n) is 4.31. The molecular formula is C11H15IN2O2S. The Hall–Kier alpha value is -0.500. The van der Waals surface area contributed by atoms with Gasteiger partial charge in [-0.1, -0.05) is 0 Å². The van der Waals surface area contributed by atoms with Gasteiger partial charge >= 0.3 is 0 Å². The minimum absolute atomic E-state index is 0.246. The highest BCUT2D eigenvalue weighted by molar-refractivity contribution is 14.1. The van der Waals surface area contributed by atoms with Gasteiger partial charge in [0.25, 0.3) is 0 Å². The lowest BCUT2D eigenvalue weighted by Crippen LogP contribution is -2.32. The van der Waals surface area contributed by atoms with Gasteiger partial charge in [0.2, 0.25) is 0 Å². The highest BCUT2D eigenvalue weighted by Crippen LogP contribution is 2.24. The first kappa shape index (κ1) is 12.9. The Kier molecular flexibility index (Phi) is 3.82. The molecule has 1 fully saturated rings. The molecule has 3 N–H and O–H groups in total. The number of nitrogens with one attached hydrogen (secondary N) is 1. The molecule has 94 valence electrons. The van der Waals surface area contributed by atoms with Crippen molar-refractivity contribution in [3.05, 3.63) is 21.8 Å². The Bertz CT molecular complexity index is 502. The topological polar surface area (TPSA) is 72.2 Å². The van der Waals surface area contributed by atoms with Crippen LogP contribution in [0.25, 0.3) is 0 Å². The molecule has 0 aromatic heterocycles. The Labute approximate surface area is 115 Å². The second kappa shape index (κ2) is 5.01. The van der Waals surface area contributed by atoms with Crippen molar-refractivity contribution < 1.29 is 8.42 Å². The zero-order chi connectivity index (χ0) is 12.5. The molecule has 0 spiro atoms. The molecule has 0 unspecified atom stereocenters. The Morgan fingerprint density at radius 3 is 2.53 bits per heavy atom. The first-order chi connectivity index (χ1) is 7.96. The van der Waals surface area contributed by atoms with Crippen molar-refractivity contribution in [2.75, 3.05) is 22.6 Å². The van der Waals surface area contributed by atoms with Crippen LogP contribution in [0.2, 0.25) is 0 Å². The maximum absolute atomic E-state index is 11.3. The fourth-order valence-electron chi connectivity index (χ4n) is 1.90. The summed E-state index contributed by atoms with van der Waals surface area (Å²) in [7, 11) is -2.79. The third-order valence-corrected chi connectivity index (χ3v) is 5.52. The first-order valence-electron chi connectivity index (χ1n) is 5.48. The third kappa shape index (κ3) is 3.48. The summed E-state index contributed by atoms with van der Waals surface area (Å²) in [6, 6.07) is 5.95. The summed E-state index contributed by atoms with van der Waals surface area (Å²) in [6.45, 7) is 0. The van der Waals surface area contributed by atoms with Gasteiger partial charge in [-0.3, -0.25) is 0 Å². The van der Waals surface area contributed by atoms with Crippen molar-refractivity contribution in [1.29, 1.82) is 0 Å². The molecule has 0 amide bonds. The van der Waals surface area contributed by atoms with E-state index in [-0.39, 0.29) is 17.5 Å². The molecule has 0 bridgehead atoms. The quantitative estimate of drug-likeness (QED) is 0.619. The van der Waals surface area contributed by atoms with E-state index >= 15 is 0 Å². The van der Waals surface area contributed by atoms with Crippen LogP contribution in [0.4, 0.5) is 11.4 Å². The monoisotopic (exact) mass is 366 g/mol. The van der Waals surface area contributed by atoms with Crippen LogP contribution in [0.1, 0.15) is 12.8 Å². The van der Waals surface area contributed by atoms with E-state index in [1.165, 1.54) is 0 Å². The van der Waals surface area contributed by atoms with Gasteiger partial charge in [-0.15, -0.1) is 0 Å². The molecule has 0 saturated carbocycles. The Morgan fingerprint density at radius 2 is 1.94 bits per heavy atom. The predicted octanol–water partition coefficient (Wildman–Crippen LogP) is 1.86. The molecule has 4 nitrogen and oxygen atoms in total. The number of nitrogens with two attached hydrogens (primary N) is 1. The summed E-state index contributed by atoms with van der Waals surface area (Å²) in [5.41, 5.74) is 7.46. The van der Waals surface area contributed by atoms with E-state index in [0.717, 1.165) is 14.9 Å². The van der Waals surface area contributed by atoms with Crippen LogP contribution in [-0.2, 0) is 9.84 Å². The number of hydrogen-bond donors (Lipinski definition) is 2. The van der Waals surface area contributed by atoms with E-state index in [1.54, 1.807) is 0 Å². The number of hydrogen-bond acceptors (Lipinski definition) is 4. The van der Waals surface area contributed by atoms with Crippen molar-refractivity contribution in [3.63, 3.8) is 0 Å². The highest BCUT2D eigenvalue weighted by Gasteiger charge is 2.23. The zero-order valence-corrected chi connectivity index (χ0v) is 12.3. The number of sulfone groups is 1. The van der Waals surface area contributed by atoms with Crippen LogP contribution < -0.4 is 11.1 Å². The van der Waals surface area contributed by atoms with E-state index in [9.17, 15) is 8.42 Å². The maximum Gasteiger partial charge on any atom is 0.150 e. The molecule has 1 aliphatic heterocycles. The number of anilines is 2. The summed E-state index contributed by atoms with van der Waals surface area (Å²) in [5.74, 6) is 0.576. The molecule has 0 atom stereocenters. The average molecular weight is 366 g/mol. The van der Waals surface area contributed by atoms with E-state index in [2.05, 4.69) is 27.9 Å². The van der Waals surface area contributed by atoms with Crippen LogP contribution in [0.5, 0.6) is 0 Å². The third-order valence-electron chi connectivity index (χ3n) is 2.91. The van der Waals surface area contributed by atoms with E-state index in [4.69, 9.17) is 5.73 Å². The second-order valence-corrected chi connectivity index (χ2v) is 7.78. The van der Waals surface area contributed by atoms with Crippen molar-refractivity contribution in [1.82, 2.24) is 0 Å². The first-order valence-corrected chi connectivity index (χ1v) is 8.38. The van der Waals surface area contributed by atoms with Crippen LogP contribution in [0.15, 0.2) is 18.2 Å². The van der Waals surface area contributed by atoms with Gasteiger partial charge in [0, 0.05) is 21.0 Å². The Morgan fingerprint density at radius 1 is 1.29 bits per heavy atom. The van der Waals surface area contributed by atoms with E-state index in [0.29, 0.717) is 12.8 Å². The van der Waals surface area contributed by atoms with Gasteiger partial charge in [-0.25, -0.2) is 8.42 Å². The highest BCUT2D eigenvalue weighted by atomic mass is 127. The minimum Gasteiger partial charge on any atom is -0.399 e. The molecule has 6 heteroatoms. The molecule has 17 heavy (non-hydrogen) atoms. The van der Waals surface area contributed by atoms with Gasteiger partial charge in [0.1, 0.15) is 9.84 Å². The number of benzene rings is 1. The lowest BCUT2D eigenvalue weighted by Gasteiger charge is -2.24. The lowest BCUT2D eigenvalue weighted by molar-refractivity contribution is 0.559. The minimum atomic E-state index is -2.79. The van der Waals surface area contributed by atoms with Gasteiger partial charge < -0.3 is 11.1 Å². The number of nitrogen functional groups attached to an aromatic ring is 1. The summed E-state index contributed by atoms with van der Waals surface area (Å²) in [6.07, 6.45) is 1.37. The molecule has 1 heterocycles. The van der Waals surface area contributed by atoms with Crippen LogP contribution in [0.3, 0.4) is 0 Å². The lowest BCUT2D eigenvalue weighted by atomic mass is 10.1. The smallest absolute Gasteiger partial charge is 0.150 e. The molecule has 1 aromatic rings. The summed E-state index contributed by atoms with van der Waals surface area (Å²) >= 11 is 2.23. The largest absolute Gasteiger partial charge is 0.399 e. The van der Waals surface area contributed by atoms with Gasteiger partial charge in [-0.2, -0.15) is 0 Å². The summed E-state index contributed by atoms with van der Waals surface area (Å²) in [5, 5.41) is 3.39.